The van der Waals surface area contributed by atoms with Gasteiger partial charge < -0.3 is 16.4 Å². The van der Waals surface area contributed by atoms with Gasteiger partial charge in [-0.2, -0.15) is 0 Å². The molecule has 0 radical (unpaired) electrons. The fourth-order valence-electron chi connectivity index (χ4n) is 1.83. The van der Waals surface area contributed by atoms with Crippen LogP contribution in [0.25, 0.3) is 0 Å². The van der Waals surface area contributed by atoms with Gasteiger partial charge in [0.2, 0.25) is 11.8 Å². The molecule has 1 aliphatic rings. The standard InChI is InChI=1S/C13H17N3O2.ClH/c14-12(17)10-3-1-2-9(6-10)4-5-16-13(18)11-7-15-8-11;/h1-3,6,11,15H,4-5,7-8H2,(H2,14,17)(H,16,18);1H. The fourth-order valence-corrected chi connectivity index (χ4v) is 1.83. The van der Waals surface area contributed by atoms with Crippen molar-refractivity contribution in [3.05, 3.63) is 35.4 Å². The summed E-state index contributed by atoms with van der Waals surface area (Å²) in [7, 11) is 0. The largest absolute Gasteiger partial charge is 0.366 e. The molecule has 2 amide bonds. The van der Waals surface area contributed by atoms with E-state index in [1.165, 1.54) is 0 Å². The number of hydrogen-bond acceptors (Lipinski definition) is 3. The van der Waals surface area contributed by atoms with Crippen LogP contribution in [0.2, 0.25) is 0 Å². The van der Waals surface area contributed by atoms with E-state index in [9.17, 15) is 9.59 Å². The third kappa shape index (κ3) is 4.22. The van der Waals surface area contributed by atoms with Crippen molar-refractivity contribution in [2.75, 3.05) is 19.6 Å². The zero-order valence-corrected chi connectivity index (χ0v) is 11.3. The molecule has 1 aromatic carbocycles. The van der Waals surface area contributed by atoms with Gasteiger partial charge in [0.1, 0.15) is 0 Å². The van der Waals surface area contributed by atoms with Crippen LogP contribution in [0.3, 0.4) is 0 Å². The predicted octanol–water partition coefficient (Wildman–Crippen LogP) is 0.0854. The number of amides is 2. The molecular formula is C13H18ClN3O2. The number of nitrogens with one attached hydrogen (secondary N) is 2. The van der Waals surface area contributed by atoms with Crippen molar-refractivity contribution < 1.29 is 9.59 Å². The minimum Gasteiger partial charge on any atom is -0.366 e. The fraction of sp³-hybridized carbons (Fsp3) is 0.385. The average molecular weight is 284 g/mol. The quantitative estimate of drug-likeness (QED) is 0.716. The highest BCUT2D eigenvalue weighted by atomic mass is 35.5. The molecule has 0 atom stereocenters. The topological polar surface area (TPSA) is 84.2 Å². The zero-order valence-electron chi connectivity index (χ0n) is 10.5. The number of benzene rings is 1. The summed E-state index contributed by atoms with van der Waals surface area (Å²) in [6.45, 7) is 2.11. The van der Waals surface area contributed by atoms with E-state index in [0.29, 0.717) is 18.5 Å². The van der Waals surface area contributed by atoms with Gasteiger partial charge in [-0.3, -0.25) is 9.59 Å². The molecule has 0 spiro atoms. The lowest BCUT2D eigenvalue weighted by Crippen LogP contribution is -2.51. The monoisotopic (exact) mass is 283 g/mol. The van der Waals surface area contributed by atoms with Gasteiger partial charge in [0, 0.05) is 25.2 Å². The molecule has 0 aliphatic carbocycles. The van der Waals surface area contributed by atoms with Gasteiger partial charge in [-0.05, 0) is 24.1 Å². The molecule has 6 heteroatoms. The second kappa shape index (κ2) is 7.11. The number of primary amides is 1. The number of nitrogens with two attached hydrogens (primary N) is 1. The number of hydrogen-bond donors (Lipinski definition) is 3. The Bertz CT molecular complexity index is 461. The maximum atomic E-state index is 11.6. The van der Waals surface area contributed by atoms with Crippen molar-refractivity contribution in [3.8, 4) is 0 Å². The van der Waals surface area contributed by atoms with Crippen molar-refractivity contribution in [1.29, 1.82) is 0 Å². The first-order valence-corrected chi connectivity index (χ1v) is 6.04. The lowest BCUT2D eigenvalue weighted by Gasteiger charge is -2.25. The first kappa shape index (κ1) is 15.5. The van der Waals surface area contributed by atoms with Gasteiger partial charge in [0.05, 0.1) is 5.92 Å². The minimum absolute atomic E-state index is 0. The predicted molar refractivity (Wildman–Crippen MR) is 75.3 cm³/mol. The second-order valence-electron chi connectivity index (χ2n) is 4.46. The number of carbonyl (C=O) groups excluding carboxylic acids is 2. The van der Waals surface area contributed by atoms with Crippen molar-refractivity contribution in [3.63, 3.8) is 0 Å². The third-order valence-electron chi connectivity index (χ3n) is 3.08. The van der Waals surface area contributed by atoms with E-state index in [1.54, 1.807) is 18.2 Å². The molecule has 1 aliphatic heterocycles. The van der Waals surface area contributed by atoms with Crippen LogP contribution in [-0.2, 0) is 11.2 Å². The first-order chi connectivity index (χ1) is 8.66. The molecule has 19 heavy (non-hydrogen) atoms. The Morgan fingerprint density at radius 2 is 2.11 bits per heavy atom. The molecule has 1 fully saturated rings. The summed E-state index contributed by atoms with van der Waals surface area (Å²) in [5, 5.41) is 5.94. The highest BCUT2D eigenvalue weighted by Crippen LogP contribution is 2.06. The summed E-state index contributed by atoms with van der Waals surface area (Å²) in [4.78, 5) is 22.6. The van der Waals surface area contributed by atoms with E-state index in [4.69, 9.17) is 5.73 Å². The van der Waals surface area contributed by atoms with Crippen LogP contribution in [0.5, 0.6) is 0 Å². The lowest BCUT2D eigenvalue weighted by atomic mass is 10.0. The summed E-state index contributed by atoms with van der Waals surface area (Å²) >= 11 is 0. The summed E-state index contributed by atoms with van der Waals surface area (Å²) in [5.41, 5.74) is 6.71. The van der Waals surface area contributed by atoms with E-state index in [-0.39, 0.29) is 24.2 Å². The van der Waals surface area contributed by atoms with E-state index in [1.807, 2.05) is 6.07 Å². The molecule has 2 rings (SSSR count). The Hall–Kier alpha value is -1.59. The Morgan fingerprint density at radius 1 is 1.37 bits per heavy atom. The Labute approximate surface area is 118 Å². The van der Waals surface area contributed by atoms with Gasteiger partial charge in [-0.1, -0.05) is 12.1 Å². The SMILES string of the molecule is Cl.NC(=O)c1cccc(CCNC(=O)C2CNC2)c1. The van der Waals surface area contributed by atoms with E-state index in [2.05, 4.69) is 10.6 Å². The molecule has 104 valence electrons. The van der Waals surface area contributed by atoms with Gasteiger partial charge in [0.15, 0.2) is 0 Å². The highest BCUT2D eigenvalue weighted by molar-refractivity contribution is 5.92. The Morgan fingerprint density at radius 3 is 2.68 bits per heavy atom. The molecule has 0 aromatic heterocycles. The Kier molecular flexibility index (Phi) is 5.79. The molecule has 1 saturated heterocycles. The molecular weight excluding hydrogens is 266 g/mol. The van der Waals surface area contributed by atoms with E-state index < -0.39 is 5.91 Å². The third-order valence-corrected chi connectivity index (χ3v) is 3.08. The van der Waals surface area contributed by atoms with Crippen LogP contribution in [-0.4, -0.2) is 31.4 Å². The number of rotatable bonds is 5. The number of halogens is 1. The maximum Gasteiger partial charge on any atom is 0.248 e. The molecule has 0 saturated carbocycles. The van der Waals surface area contributed by atoms with E-state index in [0.717, 1.165) is 18.7 Å². The van der Waals surface area contributed by atoms with Gasteiger partial charge in [-0.15, -0.1) is 12.4 Å². The summed E-state index contributed by atoms with van der Waals surface area (Å²) in [6.07, 6.45) is 0.701. The average Bonchev–Trinajstić information content (AvgIpc) is 2.27. The summed E-state index contributed by atoms with van der Waals surface area (Å²) in [5.74, 6) is -0.219. The molecule has 1 aromatic rings. The van der Waals surface area contributed by atoms with Crippen LogP contribution in [0.4, 0.5) is 0 Å². The van der Waals surface area contributed by atoms with Gasteiger partial charge >= 0.3 is 0 Å². The first-order valence-electron chi connectivity index (χ1n) is 6.04. The maximum absolute atomic E-state index is 11.6. The molecule has 1 heterocycles. The van der Waals surface area contributed by atoms with Crippen LogP contribution >= 0.6 is 12.4 Å². The summed E-state index contributed by atoms with van der Waals surface area (Å²) in [6, 6.07) is 7.17. The van der Waals surface area contributed by atoms with Crippen LogP contribution in [0, 0.1) is 5.92 Å². The second-order valence-corrected chi connectivity index (χ2v) is 4.46. The smallest absolute Gasteiger partial charge is 0.248 e. The summed E-state index contributed by atoms with van der Waals surface area (Å²) < 4.78 is 0. The van der Waals surface area contributed by atoms with Crippen LogP contribution < -0.4 is 16.4 Å². The van der Waals surface area contributed by atoms with Crippen molar-refractivity contribution in [2.24, 2.45) is 11.7 Å². The van der Waals surface area contributed by atoms with Gasteiger partial charge in [-0.25, -0.2) is 0 Å². The molecule has 5 nitrogen and oxygen atoms in total. The minimum atomic E-state index is -0.429. The Balaban J connectivity index is 0.00000180. The van der Waals surface area contributed by atoms with Gasteiger partial charge in [0.25, 0.3) is 0 Å². The van der Waals surface area contributed by atoms with Crippen molar-refractivity contribution >= 4 is 24.2 Å². The molecule has 4 N–H and O–H groups in total. The van der Waals surface area contributed by atoms with Crippen molar-refractivity contribution in [1.82, 2.24) is 10.6 Å². The normalized spacial score (nSPS) is 14.1. The molecule has 0 bridgehead atoms. The number of carbonyl (C=O) groups is 2. The van der Waals surface area contributed by atoms with E-state index >= 15 is 0 Å². The highest BCUT2D eigenvalue weighted by Gasteiger charge is 2.23. The van der Waals surface area contributed by atoms with Crippen LogP contribution in [0.1, 0.15) is 15.9 Å². The molecule has 0 unspecified atom stereocenters. The lowest BCUT2D eigenvalue weighted by molar-refractivity contribution is -0.126. The van der Waals surface area contributed by atoms with Crippen molar-refractivity contribution in [2.45, 2.75) is 6.42 Å². The van der Waals surface area contributed by atoms with Crippen LogP contribution in [0.15, 0.2) is 24.3 Å². The zero-order chi connectivity index (χ0) is 13.0.